The Bertz CT molecular complexity index is 1250. The molecule has 9 heteroatoms. The van der Waals surface area contributed by atoms with E-state index in [4.69, 9.17) is 0 Å². The molecule has 1 aromatic carbocycles. The molecule has 0 aliphatic heterocycles. The van der Waals surface area contributed by atoms with Gasteiger partial charge in [0.1, 0.15) is 0 Å². The molecule has 1 N–H and O–H groups in total. The van der Waals surface area contributed by atoms with Crippen LogP contribution in [0.4, 0.5) is 5.13 Å². The van der Waals surface area contributed by atoms with Crippen LogP contribution < -0.4 is 5.32 Å². The quantitative estimate of drug-likeness (QED) is 0.322. The van der Waals surface area contributed by atoms with Crippen molar-refractivity contribution in [1.29, 1.82) is 0 Å². The zero-order valence-electron chi connectivity index (χ0n) is 18.1. The molecule has 0 bridgehead atoms. The third kappa shape index (κ3) is 4.37. The number of benzene rings is 1. The van der Waals surface area contributed by atoms with Crippen LogP contribution in [0.2, 0.25) is 0 Å². The number of aryl methyl sites for hydroxylation is 3. The molecule has 0 saturated heterocycles. The zero-order valence-corrected chi connectivity index (χ0v) is 20.5. The molecule has 3 heterocycles. The monoisotopic (exact) mass is 481 g/mol. The first kappa shape index (κ1) is 21.4. The summed E-state index contributed by atoms with van der Waals surface area (Å²) in [6.07, 6.45) is 2.27. The first-order valence-electron chi connectivity index (χ1n) is 10.4. The molecule has 1 fully saturated rings. The van der Waals surface area contributed by atoms with Gasteiger partial charge in [0.05, 0.1) is 16.3 Å². The van der Waals surface area contributed by atoms with Crippen LogP contribution in [-0.4, -0.2) is 31.4 Å². The summed E-state index contributed by atoms with van der Waals surface area (Å²) in [5.74, 6) is 1.09. The minimum Gasteiger partial charge on any atom is -0.301 e. The Hall–Kier alpha value is -2.49. The van der Waals surface area contributed by atoms with E-state index in [1.807, 2.05) is 16.8 Å². The molecule has 5 rings (SSSR count). The van der Waals surface area contributed by atoms with Gasteiger partial charge >= 0.3 is 0 Å². The summed E-state index contributed by atoms with van der Waals surface area (Å²) in [6, 6.07) is 8.85. The highest BCUT2D eigenvalue weighted by Crippen LogP contribution is 2.41. The van der Waals surface area contributed by atoms with Crippen molar-refractivity contribution in [3.8, 4) is 22.0 Å². The van der Waals surface area contributed by atoms with E-state index < -0.39 is 0 Å². The third-order valence-corrected chi connectivity index (χ3v) is 7.90. The van der Waals surface area contributed by atoms with Gasteiger partial charge in [0.2, 0.25) is 5.91 Å². The average Bonchev–Trinajstić information content (AvgIpc) is 3.13. The Kier molecular flexibility index (Phi) is 5.88. The lowest BCUT2D eigenvalue weighted by Gasteiger charge is -2.09. The maximum absolute atomic E-state index is 12.6. The number of nitrogens with one attached hydrogen (secondary N) is 1. The highest BCUT2D eigenvalue weighted by atomic mass is 32.2. The fraction of sp³-hybridized carbons (Fsp3) is 0.304. The number of anilines is 1. The second-order valence-electron chi connectivity index (χ2n) is 8.03. The van der Waals surface area contributed by atoms with Gasteiger partial charge in [0.15, 0.2) is 16.1 Å². The summed E-state index contributed by atoms with van der Waals surface area (Å²) in [6.45, 7) is 6.30. The molecule has 1 amide bonds. The van der Waals surface area contributed by atoms with Gasteiger partial charge in [-0.25, -0.2) is 4.98 Å². The Morgan fingerprint density at radius 2 is 1.97 bits per heavy atom. The van der Waals surface area contributed by atoms with E-state index in [9.17, 15) is 4.79 Å². The van der Waals surface area contributed by atoms with Gasteiger partial charge < -0.3 is 5.32 Å². The number of thiazole rings is 1. The van der Waals surface area contributed by atoms with E-state index in [2.05, 4.69) is 64.0 Å². The second kappa shape index (κ2) is 8.80. The van der Waals surface area contributed by atoms with E-state index in [-0.39, 0.29) is 11.7 Å². The van der Waals surface area contributed by atoms with Crippen molar-refractivity contribution in [1.82, 2.24) is 19.7 Å². The van der Waals surface area contributed by atoms with Crippen molar-refractivity contribution in [2.45, 2.75) is 44.8 Å². The predicted molar refractivity (Wildman–Crippen MR) is 133 cm³/mol. The number of nitrogens with zero attached hydrogens (tertiary/aromatic N) is 4. The maximum Gasteiger partial charge on any atom is 0.236 e. The first-order valence-corrected chi connectivity index (χ1v) is 13.2. The summed E-state index contributed by atoms with van der Waals surface area (Å²) < 4.78 is 2.19. The first-order chi connectivity index (χ1) is 15.5. The topological polar surface area (TPSA) is 72.7 Å². The second-order valence-corrected chi connectivity index (χ2v) is 10.8. The fourth-order valence-electron chi connectivity index (χ4n) is 3.93. The Morgan fingerprint density at radius 1 is 1.19 bits per heavy atom. The van der Waals surface area contributed by atoms with Gasteiger partial charge in [0, 0.05) is 17.0 Å². The lowest BCUT2D eigenvalue weighted by molar-refractivity contribution is -0.113. The highest BCUT2D eigenvalue weighted by molar-refractivity contribution is 7.99. The maximum atomic E-state index is 12.6. The lowest BCUT2D eigenvalue weighted by Crippen LogP contribution is -2.14. The predicted octanol–water partition coefficient (Wildman–Crippen LogP) is 6.12. The molecule has 32 heavy (non-hydrogen) atoms. The molecule has 164 valence electrons. The van der Waals surface area contributed by atoms with Crippen molar-refractivity contribution in [3.63, 3.8) is 0 Å². The molecule has 1 aliphatic rings. The summed E-state index contributed by atoms with van der Waals surface area (Å²) >= 11 is 4.54. The van der Waals surface area contributed by atoms with Crippen molar-refractivity contribution in [2.24, 2.45) is 0 Å². The number of thiophene rings is 1. The van der Waals surface area contributed by atoms with Crippen LogP contribution in [0.1, 0.15) is 35.6 Å². The van der Waals surface area contributed by atoms with Crippen LogP contribution in [0.25, 0.3) is 22.0 Å². The summed E-state index contributed by atoms with van der Waals surface area (Å²) in [5.41, 5.74) is 5.68. The van der Waals surface area contributed by atoms with Gasteiger partial charge in [-0.05, 0) is 56.2 Å². The molecule has 0 unspecified atom stereocenters. The zero-order chi connectivity index (χ0) is 22.2. The summed E-state index contributed by atoms with van der Waals surface area (Å²) in [7, 11) is 0. The van der Waals surface area contributed by atoms with Gasteiger partial charge in [0.25, 0.3) is 0 Å². The third-order valence-electron chi connectivity index (χ3n) is 5.33. The molecule has 4 aromatic rings. The van der Waals surface area contributed by atoms with Gasteiger partial charge in [-0.15, -0.1) is 32.9 Å². The Labute approximate surface area is 199 Å². The van der Waals surface area contributed by atoms with E-state index in [0.29, 0.717) is 11.2 Å². The van der Waals surface area contributed by atoms with Crippen molar-refractivity contribution in [2.75, 3.05) is 11.1 Å². The molecule has 1 saturated carbocycles. The van der Waals surface area contributed by atoms with Crippen LogP contribution in [-0.2, 0) is 4.79 Å². The summed E-state index contributed by atoms with van der Waals surface area (Å²) in [4.78, 5) is 18.4. The largest absolute Gasteiger partial charge is 0.301 e. The Balaban J connectivity index is 1.26. The van der Waals surface area contributed by atoms with Crippen molar-refractivity contribution in [3.05, 3.63) is 51.7 Å². The number of amides is 1. The van der Waals surface area contributed by atoms with Crippen LogP contribution in [0, 0.1) is 20.8 Å². The van der Waals surface area contributed by atoms with Crippen LogP contribution in [0.15, 0.2) is 40.2 Å². The highest BCUT2D eigenvalue weighted by Gasteiger charge is 2.30. The molecule has 0 spiro atoms. The molecule has 6 nitrogen and oxygen atoms in total. The number of carbonyl (C=O) groups excluding carboxylic acids is 1. The number of thioether (sulfide) groups is 1. The fourth-order valence-corrected chi connectivity index (χ4v) is 6.16. The van der Waals surface area contributed by atoms with Gasteiger partial charge in [-0.2, -0.15) is 0 Å². The number of hydrogen-bond acceptors (Lipinski definition) is 7. The van der Waals surface area contributed by atoms with Crippen LogP contribution in [0.3, 0.4) is 0 Å². The minimum absolute atomic E-state index is 0.0868. The standard InChI is InChI=1S/C23H23N5OS3/c1-13-9-14(2)20(15(3)10-13)17-11-31-22(24-17)25-19(29)12-32-23-27-26-21(18-5-4-8-30-18)28(23)16-6-7-16/h4-5,8-11,16H,6-7,12H2,1-3H3,(H,24,25,29). The molecule has 0 radical (unpaired) electrons. The van der Waals surface area contributed by atoms with Crippen molar-refractivity contribution >= 4 is 45.5 Å². The van der Waals surface area contributed by atoms with Crippen LogP contribution >= 0.6 is 34.4 Å². The lowest BCUT2D eigenvalue weighted by atomic mass is 9.98. The molecule has 3 aromatic heterocycles. The number of hydrogen-bond donors (Lipinski definition) is 1. The average molecular weight is 482 g/mol. The molecule has 1 aliphatic carbocycles. The normalized spacial score (nSPS) is 13.5. The van der Waals surface area contributed by atoms with Crippen molar-refractivity contribution < 1.29 is 4.79 Å². The molecular formula is C23H23N5OS3. The SMILES string of the molecule is Cc1cc(C)c(-c2csc(NC(=O)CSc3nnc(-c4cccs4)n3C3CC3)n2)c(C)c1. The van der Waals surface area contributed by atoms with E-state index >= 15 is 0 Å². The minimum atomic E-state index is -0.0868. The van der Waals surface area contributed by atoms with E-state index in [1.54, 1.807) is 11.3 Å². The number of aromatic nitrogens is 4. The van der Waals surface area contributed by atoms with Gasteiger partial charge in [-0.3, -0.25) is 9.36 Å². The summed E-state index contributed by atoms with van der Waals surface area (Å²) in [5, 5.41) is 17.2. The van der Waals surface area contributed by atoms with E-state index in [0.717, 1.165) is 40.0 Å². The van der Waals surface area contributed by atoms with Crippen LogP contribution in [0.5, 0.6) is 0 Å². The van der Waals surface area contributed by atoms with Gasteiger partial charge in [-0.1, -0.05) is 35.5 Å². The smallest absolute Gasteiger partial charge is 0.236 e. The number of rotatable bonds is 7. The molecular weight excluding hydrogens is 458 g/mol. The van der Waals surface area contributed by atoms with E-state index in [1.165, 1.54) is 39.8 Å². The molecule has 0 atom stereocenters. The Morgan fingerprint density at radius 3 is 2.66 bits per heavy atom. The number of carbonyl (C=O) groups is 1.